The third kappa shape index (κ3) is 3.31. The highest BCUT2D eigenvalue weighted by Gasteiger charge is 2.31. The number of amides is 1. The van der Waals surface area contributed by atoms with Gasteiger partial charge in [0.2, 0.25) is 0 Å². The molecule has 0 aliphatic carbocycles. The molecular weight excluding hydrogens is 368 g/mol. The SMILES string of the molecule is CC(N)C1CCCCN1C(=O)c1cc2cc(Br)ccc2o1.Cl. The van der Waals surface area contributed by atoms with E-state index < -0.39 is 0 Å². The number of carbonyl (C=O) groups is 1. The summed E-state index contributed by atoms with van der Waals surface area (Å²) in [5, 5.41) is 0.932. The van der Waals surface area contributed by atoms with E-state index in [-0.39, 0.29) is 30.4 Å². The zero-order chi connectivity index (χ0) is 15.0. The van der Waals surface area contributed by atoms with E-state index in [2.05, 4.69) is 15.9 Å². The largest absolute Gasteiger partial charge is 0.451 e. The van der Waals surface area contributed by atoms with Crippen molar-refractivity contribution in [3.05, 3.63) is 34.5 Å². The van der Waals surface area contributed by atoms with Gasteiger partial charge in [0.15, 0.2) is 5.76 Å². The van der Waals surface area contributed by atoms with E-state index in [1.807, 2.05) is 36.1 Å². The predicted molar refractivity (Wildman–Crippen MR) is 93.5 cm³/mol. The molecule has 1 amide bonds. The van der Waals surface area contributed by atoms with E-state index in [1.54, 1.807) is 0 Å². The van der Waals surface area contributed by atoms with Gasteiger partial charge in [-0.25, -0.2) is 0 Å². The first kappa shape index (κ1) is 17.3. The van der Waals surface area contributed by atoms with E-state index >= 15 is 0 Å². The van der Waals surface area contributed by atoms with Crippen molar-refractivity contribution in [1.29, 1.82) is 0 Å². The minimum atomic E-state index is -0.0516. The first-order chi connectivity index (χ1) is 10.1. The fraction of sp³-hybridized carbons (Fsp3) is 0.438. The summed E-state index contributed by atoms with van der Waals surface area (Å²) in [5.41, 5.74) is 6.77. The molecule has 0 spiro atoms. The van der Waals surface area contributed by atoms with Crippen molar-refractivity contribution < 1.29 is 9.21 Å². The van der Waals surface area contributed by atoms with Gasteiger partial charge in [0.05, 0.1) is 0 Å². The Morgan fingerprint density at radius 3 is 2.91 bits per heavy atom. The van der Waals surface area contributed by atoms with E-state index in [1.165, 1.54) is 0 Å². The van der Waals surface area contributed by atoms with Crippen molar-refractivity contribution in [3.8, 4) is 0 Å². The number of carbonyl (C=O) groups excluding carboxylic acids is 1. The van der Waals surface area contributed by atoms with Gasteiger partial charge < -0.3 is 15.1 Å². The number of piperidine rings is 1. The topological polar surface area (TPSA) is 59.5 Å². The molecule has 2 heterocycles. The van der Waals surface area contributed by atoms with Crippen LogP contribution in [0.2, 0.25) is 0 Å². The Morgan fingerprint density at radius 2 is 2.18 bits per heavy atom. The van der Waals surface area contributed by atoms with Gasteiger partial charge >= 0.3 is 0 Å². The van der Waals surface area contributed by atoms with Crippen LogP contribution in [0.5, 0.6) is 0 Å². The standard InChI is InChI=1S/C16H19BrN2O2.ClH/c1-10(18)13-4-2-3-7-19(13)16(20)15-9-11-8-12(17)5-6-14(11)21-15;/h5-6,8-10,13H,2-4,7,18H2,1H3;1H. The molecule has 1 saturated heterocycles. The number of halogens is 2. The maximum absolute atomic E-state index is 12.7. The highest BCUT2D eigenvalue weighted by Crippen LogP contribution is 2.26. The molecule has 2 aromatic rings. The number of rotatable bonds is 2. The van der Waals surface area contributed by atoms with Crippen LogP contribution in [0.25, 0.3) is 11.0 Å². The molecule has 1 fully saturated rings. The lowest BCUT2D eigenvalue weighted by Gasteiger charge is -2.37. The third-order valence-electron chi connectivity index (χ3n) is 4.11. The first-order valence-electron chi connectivity index (χ1n) is 7.32. The lowest BCUT2D eigenvalue weighted by molar-refractivity contribution is 0.0554. The molecule has 22 heavy (non-hydrogen) atoms. The number of furan rings is 1. The summed E-state index contributed by atoms with van der Waals surface area (Å²) in [5.74, 6) is 0.347. The summed E-state index contributed by atoms with van der Waals surface area (Å²) in [6, 6.07) is 7.63. The Bertz CT molecular complexity index is 671. The smallest absolute Gasteiger partial charge is 0.289 e. The maximum atomic E-state index is 12.7. The predicted octanol–water partition coefficient (Wildman–Crippen LogP) is 3.96. The van der Waals surface area contributed by atoms with Gasteiger partial charge in [-0.2, -0.15) is 0 Å². The van der Waals surface area contributed by atoms with Crippen LogP contribution < -0.4 is 5.73 Å². The second kappa shape index (κ2) is 7.02. The molecule has 3 rings (SSSR count). The second-order valence-corrected chi connectivity index (χ2v) is 6.63. The van der Waals surface area contributed by atoms with Gasteiger partial charge in [0.1, 0.15) is 5.58 Å². The van der Waals surface area contributed by atoms with E-state index in [9.17, 15) is 4.79 Å². The van der Waals surface area contributed by atoms with Crippen LogP contribution in [-0.4, -0.2) is 29.4 Å². The molecule has 6 heteroatoms. The van der Waals surface area contributed by atoms with Gasteiger partial charge in [-0.1, -0.05) is 15.9 Å². The first-order valence-corrected chi connectivity index (χ1v) is 8.11. The molecule has 0 radical (unpaired) electrons. The van der Waals surface area contributed by atoms with Crippen molar-refractivity contribution >= 4 is 45.2 Å². The summed E-state index contributed by atoms with van der Waals surface area (Å²) in [7, 11) is 0. The lowest BCUT2D eigenvalue weighted by atomic mass is 9.96. The number of benzene rings is 1. The van der Waals surface area contributed by atoms with Crippen molar-refractivity contribution in [2.75, 3.05) is 6.54 Å². The fourth-order valence-corrected chi connectivity index (χ4v) is 3.40. The summed E-state index contributed by atoms with van der Waals surface area (Å²) < 4.78 is 6.69. The summed E-state index contributed by atoms with van der Waals surface area (Å²) >= 11 is 3.43. The summed E-state index contributed by atoms with van der Waals surface area (Å²) in [6.07, 6.45) is 3.12. The molecule has 1 aliphatic rings. The Labute approximate surface area is 144 Å². The highest BCUT2D eigenvalue weighted by atomic mass is 79.9. The van der Waals surface area contributed by atoms with E-state index in [0.717, 1.165) is 41.2 Å². The lowest BCUT2D eigenvalue weighted by Crippen LogP contribution is -2.51. The van der Waals surface area contributed by atoms with Crippen molar-refractivity contribution in [3.63, 3.8) is 0 Å². The molecule has 2 atom stereocenters. The van der Waals surface area contributed by atoms with Gasteiger partial charge in [-0.05, 0) is 50.5 Å². The number of nitrogens with two attached hydrogens (primary N) is 1. The normalized spacial score (nSPS) is 19.8. The molecule has 1 aliphatic heterocycles. The van der Waals surface area contributed by atoms with Crippen LogP contribution in [0.4, 0.5) is 0 Å². The Morgan fingerprint density at radius 1 is 1.41 bits per heavy atom. The van der Waals surface area contributed by atoms with Crippen molar-refractivity contribution in [2.24, 2.45) is 5.73 Å². The number of hydrogen-bond acceptors (Lipinski definition) is 3. The second-order valence-electron chi connectivity index (χ2n) is 5.71. The number of likely N-dealkylation sites (tertiary alicyclic amines) is 1. The number of hydrogen-bond donors (Lipinski definition) is 1. The minimum absolute atomic E-state index is 0. The average molecular weight is 388 g/mol. The molecule has 1 aromatic heterocycles. The monoisotopic (exact) mass is 386 g/mol. The zero-order valence-electron chi connectivity index (χ0n) is 12.4. The van der Waals surface area contributed by atoms with Gasteiger partial charge in [0.25, 0.3) is 5.91 Å². The van der Waals surface area contributed by atoms with Crippen LogP contribution in [0.15, 0.2) is 33.2 Å². The van der Waals surface area contributed by atoms with Crippen LogP contribution in [0.3, 0.4) is 0 Å². The number of nitrogens with zero attached hydrogens (tertiary/aromatic N) is 1. The minimum Gasteiger partial charge on any atom is -0.451 e. The van der Waals surface area contributed by atoms with Crippen molar-refractivity contribution in [1.82, 2.24) is 4.90 Å². The molecule has 4 nitrogen and oxygen atoms in total. The van der Waals surface area contributed by atoms with E-state index in [0.29, 0.717) is 5.76 Å². The number of fused-ring (bicyclic) bond motifs is 1. The fourth-order valence-electron chi connectivity index (χ4n) is 3.02. The average Bonchev–Trinajstić information content (AvgIpc) is 2.89. The zero-order valence-corrected chi connectivity index (χ0v) is 14.8. The Kier molecular flexibility index (Phi) is 5.53. The van der Waals surface area contributed by atoms with Crippen LogP contribution in [0, 0.1) is 0 Å². The molecular formula is C16H20BrClN2O2. The molecule has 1 aromatic carbocycles. The highest BCUT2D eigenvalue weighted by molar-refractivity contribution is 9.10. The maximum Gasteiger partial charge on any atom is 0.289 e. The van der Waals surface area contributed by atoms with Crippen LogP contribution >= 0.6 is 28.3 Å². The molecule has 120 valence electrons. The molecule has 2 N–H and O–H groups in total. The van der Waals surface area contributed by atoms with Gasteiger partial charge in [0, 0.05) is 28.5 Å². The molecule has 0 saturated carbocycles. The quantitative estimate of drug-likeness (QED) is 0.848. The summed E-state index contributed by atoms with van der Waals surface area (Å²) in [6.45, 7) is 2.72. The molecule has 0 bridgehead atoms. The van der Waals surface area contributed by atoms with E-state index in [4.69, 9.17) is 10.2 Å². The third-order valence-corrected chi connectivity index (χ3v) is 4.60. The van der Waals surface area contributed by atoms with Crippen LogP contribution in [-0.2, 0) is 0 Å². The Balaban J connectivity index is 0.00000176. The molecule has 2 unspecified atom stereocenters. The summed E-state index contributed by atoms with van der Waals surface area (Å²) in [4.78, 5) is 14.6. The van der Waals surface area contributed by atoms with Crippen molar-refractivity contribution in [2.45, 2.75) is 38.3 Å². The van der Waals surface area contributed by atoms with Gasteiger partial charge in [-0.15, -0.1) is 12.4 Å². The van der Waals surface area contributed by atoms with Crippen LogP contribution in [0.1, 0.15) is 36.7 Å². The Hall–Kier alpha value is -1.04. The van der Waals surface area contributed by atoms with Gasteiger partial charge in [-0.3, -0.25) is 4.79 Å².